The molecular formula is C14H19N3S. The maximum Gasteiger partial charge on any atom is 0.110 e. The zero-order chi connectivity index (χ0) is 13.0. The van der Waals surface area contributed by atoms with Crippen molar-refractivity contribution in [1.29, 1.82) is 0 Å². The van der Waals surface area contributed by atoms with Crippen molar-refractivity contribution in [2.24, 2.45) is 5.73 Å². The van der Waals surface area contributed by atoms with Crippen LogP contribution in [0.2, 0.25) is 0 Å². The van der Waals surface area contributed by atoms with Crippen LogP contribution < -0.4 is 11.1 Å². The monoisotopic (exact) mass is 261 g/mol. The van der Waals surface area contributed by atoms with E-state index < -0.39 is 0 Å². The van der Waals surface area contributed by atoms with Crippen LogP contribution >= 0.6 is 11.3 Å². The number of nitrogens with one attached hydrogen (secondary N) is 1. The molecule has 0 saturated carbocycles. The Labute approximate surface area is 112 Å². The Morgan fingerprint density at radius 3 is 2.50 bits per heavy atom. The van der Waals surface area contributed by atoms with Gasteiger partial charge in [-0.15, -0.1) is 11.3 Å². The molecule has 2 aromatic rings. The van der Waals surface area contributed by atoms with Crippen molar-refractivity contribution in [2.75, 3.05) is 0 Å². The van der Waals surface area contributed by atoms with Crippen LogP contribution in [0.4, 0.5) is 0 Å². The van der Waals surface area contributed by atoms with Gasteiger partial charge < -0.3 is 11.1 Å². The van der Waals surface area contributed by atoms with Crippen LogP contribution in [0.25, 0.3) is 0 Å². The fourth-order valence-corrected chi connectivity index (χ4v) is 2.55. The lowest BCUT2D eigenvalue weighted by molar-refractivity contribution is 0.571. The summed E-state index contributed by atoms with van der Waals surface area (Å²) >= 11 is 1.71. The molecule has 0 saturated heterocycles. The second-order valence-electron chi connectivity index (χ2n) is 4.45. The molecule has 0 amide bonds. The van der Waals surface area contributed by atoms with Crippen LogP contribution in [0.5, 0.6) is 0 Å². The van der Waals surface area contributed by atoms with Crippen molar-refractivity contribution in [3.05, 3.63) is 51.5 Å². The average Bonchev–Trinajstić information content (AvgIpc) is 2.83. The summed E-state index contributed by atoms with van der Waals surface area (Å²) in [5.41, 5.74) is 9.11. The van der Waals surface area contributed by atoms with E-state index in [1.807, 2.05) is 6.92 Å². The number of rotatable bonds is 5. The van der Waals surface area contributed by atoms with E-state index in [1.165, 1.54) is 11.1 Å². The minimum Gasteiger partial charge on any atom is -0.326 e. The molecule has 18 heavy (non-hydrogen) atoms. The van der Waals surface area contributed by atoms with Gasteiger partial charge in [0.05, 0.1) is 6.04 Å². The first-order valence-corrected chi connectivity index (χ1v) is 7.00. The molecule has 0 spiro atoms. The molecule has 0 bridgehead atoms. The highest BCUT2D eigenvalue weighted by Gasteiger charge is 2.08. The summed E-state index contributed by atoms with van der Waals surface area (Å²) in [6, 6.07) is 8.69. The van der Waals surface area contributed by atoms with Crippen LogP contribution in [0.15, 0.2) is 29.6 Å². The van der Waals surface area contributed by atoms with E-state index in [0.717, 1.165) is 17.2 Å². The zero-order valence-corrected chi connectivity index (χ0v) is 11.6. The summed E-state index contributed by atoms with van der Waals surface area (Å²) < 4.78 is 0. The quantitative estimate of drug-likeness (QED) is 0.870. The lowest BCUT2D eigenvalue weighted by atomic mass is 10.1. The first-order valence-electron chi connectivity index (χ1n) is 6.12. The van der Waals surface area contributed by atoms with Crippen molar-refractivity contribution < 1.29 is 0 Å². The number of nitrogens with zero attached hydrogens (tertiary/aromatic N) is 1. The van der Waals surface area contributed by atoms with E-state index >= 15 is 0 Å². The summed E-state index contributed by atoms with van der Waals surface area (Å²) in [6.07, 6.45) is 0. The van der Waals surface area contributed by atoms with Crippen LogP contribution in [0, 0.1) is 6.92 Å². The van der Waals surface area contributed by atoms with E-state index in [1.54, 1.807) is 11.3 Å². The highest BCUT2D eigenvalue weighted by molar-refractivity contribution is 7.09. The van der Waals surface area contributed by atoms with E-state index in [-0.39, 0.29) is 6.04 Å². The fourth-order valence-electron chi connectivity index (χ4n) is 1.72. The van der Waals surface area contributed by atoms with Crippen molar-refractivity contribution in [1.82, 2.24) is 10.3 Å². The van der Waals surface area contributed by atoms with Gasteiger partial charge >= 0.3 is 0 Å². The topological polar surface area (TPSA) is 50.9 Å². The molecule has 0 aliphatic rings. The van der Waals surface area contributed by atoms with Gasteiger partial charge in [-0.1, -0.05) is 24.3 Å². The molecule has 0 radical (unpaired) electrons. The maximum absolute atomic E-state index is 5.58. The molecule has 96 valence electrons. The van der Waals surface area contributed by atoms with E-state index in [9.17, 15) is 0 Å². The van der Waals surface area contributed by atoms with Gasteiger partial charge in [-0.2, -0.15) is 0 Å². The highest BCUT2D eigenvalue weighted by Crippen LogP contribution is 2.17. The molecule has 1 aromatic carbocycles. The normalized spacial score (nSPS) is 12.6. The third-order valence-electron chi connectivity index (χ3n) is 2.88. The largest absolute Gasteiger partial charge is 0.326 e. The van der Waals surface area contributed by atoms with Gasteiger partial charge in [-0.05, 0) is 25.0 Å². The third kappa shape index (κ3) is 3.38. The van der Waals surface area contributed by atoms with Gasteiger partial charge in [0.25, 0.3) is 0 Å². The lowest BCUT2D eigenvalue weighted by Gasteiger charge is -2.11. The Morgan fingerprint density at radius 1 is 1.28 bits per heavy atom. The third-order valence-corrected chi connectivity index (χ3v) is 4.02. The maximum atomic E-state index is 5.58. The smallest absolute Gasteiger partial charge is 0.110 e. The summed E-state index contributed by atoms with van der Waals surface area (Å²) in [5, 5.41) is 6.71. The Kier molecular flexibility index (Phi) is 4.47. The average molecular weight is 261 g/mol. The van der Waals surface area contributed by atoms with Gasteiger partial charge in [0.15, 0.2) is 0 Å². The number of aryl methyl sites for hydroxylation is 1. The van der Waals surface area contributed by atoms with E-state index in [2.05, 4.69) is 46.9 Å². The van der Waals surface area contributed by atoms with Gasteiger partial charge in [-0.25, -0.2) is 4.98 Å². The Hall–Kier alpha value is -1.23. The van der Waals surface area contributed by atoms with Crippen LogP contribution in [0.1, 0.15) is 34.8 Å². The van der Waals surface area contributed by atoms with E-state index in [0.29, 0.717) is 6.54 Å². The van der Waals surface area contributed by atoms with Gasteiger partial charge in [-0.3, -0.25) is 0 Å². The number of hydrogen-bond acceptors (Lipinski definition) is 4. The predicted molar refractivity (Wildman–Crippen MR) is 76.4 cm³/mol. The van der Waals surface area contributed by atoms with Crippen molar-refractivity contribution in [3.63, 3.8) is 0 Å². The number of benzene rings is 1. The molecule has 3 nitrogen and oxygen atoms in total. The molecule has 0 fully saturated rings. The number of aromatic nitrogens is 1. The lowest BCUT2D eigenvalue weighted by Crippen LogP contribution is -2.18. The Bertz CT molecular complexity index is 490. The molecule has 0 aliphatic heterocycles. The van der Waals surface area contributed by atoms with Gasteiger partial charge in [0, 0.05) is 24.2 Å². The SMILES string of the molecule is Cc1csc(C(C)NCc2ccc(CN)cc2)n1. The first kappa shape index (κ1) is 13.2. The molecule has 1 heterocycles. The molecule has 4 heteroatoms. The van der Waals surface area contributed by atoms with Crippen molar-refractivity contribution >= 4 is 11.3 Å². The van der Waals surface area contributed by atoms with Crippen molar-refractivity contribution in [3.8, 4) is 0 Å². The standard InChI is InChI=1S/C14H19N3S/c1-10-9-18-14(17-10)11(2)16-8-13-5-3-12(7-15)4-6-13/h3-6,9,11,16H,7-8,15H2,1-2H3. The second kappa shape index (κ2) is 6.09. The van der Waals surface area contributed by atoms with Crippen molar-refractivity contribution in [2.45, 2.75) is 33.0 Å². The molecule has 0 aliphatic carbocycles. The summed E-state index contributed by atoms with van der Waals surface area (Å²) in [7, 11) is 0. The molecule has 1 unspecified atom stereocenters. The molecule has 1 atom stereocenters. The molecular weight excluding hydrogens is 242 g/mol. The van der Waals surface area contributed by atoms with Gasteiger partial charge in [0.1, 0.15) is 5.01 Å². The minimum absolute atomic E-state index is 0.290. The summed E-state index contributed by atoms with van der Waals surface area (Å²) in [4.78, 5) is 4.49. The summed E-state index contributed by atoms with van der Waals surface area (Å²) in [5.74, 6) is 0. The molecule has 2 rings (SSSR count). The van der Waals surface area contributed by atoms with Crippen LogP contribution in [-0.2, 0) is 13.1 Å². The fraction of sp³-hybridized carbons (Fsp3) is 0.357. The number of nitrogens with two attached hydrogens (primary N) is 1. The minimum atomic E-state index is 0.290. The molecule has 1 aromatic heterocycles. The highest BCUT2D eigenvalue weighted by atomic mass is 32.1. The second-order valence-corrected chi connectivity index (χ2v) is 5.34. The molecule has 3 N–H and O–H groups in total. The Morgan fingerprint density at radius 2 is 1.94 bits per heavy atom. The zero-order valence-electron chi connectivity index (χ0n) is 10.8. The first-order chi connectivity index (χ1) is 8.69. The van der Waals surface area contributed by atoms with Crippen LogP contribution in [-0.4, -0.2) is 4.98 Å². The van der Waals surface area contributed by atoms with Gasteiger partial charge in [0.2, 0.25) is 0 Å². The van der Waals surface area contributed by atoms with E-state index in [4.69, 9.17) is 5.73 Å². The number of hydrogen-bond donors (Lipinski definition) is 2. The number of thiazole rings is 1. The predicted octanol–water partition coefficient (Wildman–Crippen LogP) is 2.76. The summed E-state index contributed by atoms with van der Waals surface area (Å²) in [6.45, 7) is 5.62. The Balaban J connectivity index is 1.90. The van der Waals surface area contributed by atoms with Crippen LogP contribution in [0.3, 0.4) is 0 Å².